The standard InChI is InChI=1S/C13H20N2O2/c1-13(2,14)9-15-12(16)11-6-4-10(5-7-11)8-17-3/h4-7H,8-9,14H2,1-3H3,(H,15,16). The number of methoxy groups -OCH3 is 1. The van der Waals surface area contributed by atoms with Gasteiger partial charge in [-0.05, 0) is 31.5 Å². The highest BCUT2D eigenvalue weighted by atomic mass is 16.5. The molecule has 0 aromatic heterocycles. The van der Waals surface area contributed by atoms with Crippen LogP contribution in [-0.4, -0.2) is 25.1 Å². The average Bonchev–Trinajstić information content (AvgIpc) is 2.26. The first-order chi connectivity index (χ1) is 7.92. The Bertz CT molecular complexity index is 366. The number of carbonyl (C=O) groups excluding carboxylic acids is 1. The Hall–Kier alpha value is -1.39. The summed E-state index contributed by atoms with van der Waals surface area (Å²) in [6.07, 6.45) is 0. The molecule has 1 aromatic rings. The number of nitrogens with one attached hydrogen (secondary N) is 1. The van der Waals surface area contributed by atoms with Crippen molar-refractivity contribution < 1.29 is 9.53 Å². The molecule has 0 heterocycles. The maximum atomic E-state index is 11.8. The number of amides is 1. The van der Waals surface area contributed by atoms with Gasteiger partial charge in [-0.3, -0.25) is 4.79 Å². The van der Waals surface area contributed by atoms with Crippen molar-refractivity contribution in [2.75, 3.05) is 13.7 Å². The zero-order valence-electron chi connectivity index (χ0n) is 10.6. The molecule has 0 atom stereocenters. The second kappa shape index (κ2) is 5.80. The van der Waals surface area contributed by atoms with Crippen LogP contribution in [0.5, 0.6) is 0 Å². The fourth-order valence-electron chi connectivity index (χ4n) is 1.33. The lowest BCUT2D eigenvalue weighted by atomic mass is 10.1. The summed E-state index contributed by atoms with van der Waals surface area (Å²) in [6.45, 7) is 4.74. The number of nitrogens with two attached hydrogens (primary N) is 1. The first-order valence-electron chi connectivity index (χ1n) is 5.57. The SMILES string of the molecule is COCc1ccc(C(=O)NCC(C)(C)N)cc1. The molecule has 0 aliphatic carbocycles. The van der Waals surface area contributed by atoms with Crippen LogP contribution in [0.15, 0.2) is 24.3 Å². The lowest BCUT2D eigenvalue weighted by Gasteiger charge is -2.18. The van der Waals surface area contributed by atoms with Gasteiger partial charge in [0.1, 0.15) is 0 Å². The molecule has 1 rings (SSSR count). The van der Waals surface area contributed by atoms with Gasteiger partial charge in [0, 0.05) is 24.8 Å². The minimum absolute atomic E-state index is 0.104. The van der Waals surface area contributed by atoms with Crippen molar-refractivity contribution in [1.29, 1.82) is 0 Å². The van der Waals surface area contributed by atoms with Crippen LogP contribution >= 0.6 is 0 Å². The van der Waals surface area contributed by atoms with Crippen molar-refractivity contribution in [3.8, 4) is 0 Å². The number of ether oxygens (including phenoxy) is 1. The van der Waals surface area contributed by atoms with Gasteiger partial charge in [0.05, 0.1) is 6.61 Å². The summed E-state index contributed by atoms with van der Waals surface area (Å²) < 4.78 is 5.00. The summed E-state index contributed by atoms with van der Waals surface area (Å²) in [5, 5.41) is 2.80. The Morgan fingerprint density at radius 1 is 1.35 bits per heavy atom. The van der Waals surface area contributed by atoms with E-state index in [9.17, 15) is 4.79 Å². The zero-order valence-corrected chi connectivity index (χ0v) is 10.6. The van der Waals surface area contributed by atoms with E-state index in [2.05, 4.69) is 5.32 Å². The predicted octanol–water partition coefficient (Wildman–Crippen LogP) is 1.30. The minimum atomic E-state index is -0.397. The van der Waals surface area contributed by atoms with E-state index < -0.39 is 5.54 Å². The van der Waals surface area contributed by atoms with Gasteiger partial charge in [-0.2, -0.15) is 0 Å². The molecule has 4 heteroatoms. The Labute approximate surface area is 102 Å². The molecule has 1 amide bonds. The summed E-state index contributed by atoms with van der Waals surface area (Å²) in [5.74, 6) is -0.104. The van der Waals surface area contributed by atoms with Crippen molar-refractivity contribution in [2.45, 2.75) is 26.0 Å². The molecule has 0 spiro atoms. The van der Waals surface area contributed by atoms with E-state index >= 15 is 0 Å². The monoisotopic (exact) mass is 236 g/mol. The molecular formula is C13H20N2O2. The summed E-state index contributed by atoms with van der Waals surface area (Å²) in [6, 6.07) is 7.33. The van der Waals surface area contributed by atoms with E-state index in [1.54, 1.807) is 19.2 Å². The summed E-state index contributed by atoms with van der Waals surface area (Å²) in [7, 11) is 1.64. The molecule has 0 aliphatic rings. The van der Waals surface area contributed by atoms with Crippen molar-refractivity contribution in [1.82, 2.24) is 5.32 Å². The number of benzene rings is 1. The Kier molecular flexibility index (Phi) is 4.66. The molecule has 0 unspecified atom stereocenters. The molecule has 0 bridgehead atoms. The molecule has 0 saturated heterocycles. The normalized spacial score (nSPS) is 11.3. The van der Waals surface area contributed by atoms with Crippen LogP contribution in [0, 0.1) is 0 Å². The Balaban J connectivity index is 2.57. The third-order valence-electron chi connectivity index (χ3n) is 2.23. The fourth-order valence-corrected chi connectivity index (χ4v) is 1.33. The van der Waals surface area contributed by atoms with Gasteiger partial charge in [0.25, 0.3) is 5.91 Å². The van der Waals surface area contributed by atoms with Gasteiger partial charge in [-0.1, -0.05) is 12.1 Å². The predicted molar refractivity (Wildman–Crippen MR) is 67.8 cm³/mol. The molecule has 0 aliphatic heterocycles. The first kappa shape index (κ1) is 13.7. The smallest absolute Gasteiger partial charge is 0.251 e. The van der Waals surface area contributed by atoms with Crippen LogP contribution in [0.1, 0.15) is 29.8 Å². The van der Waals surface area contributed by atoms with Crippen LogP contribution < -0.4 is 11.1 Å². The lowest BCUT2D eigenvalue weighted by Crippen LogP contribution is -2.45. The Morgan fingerprint density at radius 2 is 1.94 bits per heavy atom. The Morgan fingerprint density at radius 3 is 2.41 bits per heavy atom. The number of rotatable bonds is 5. The minimum Gasteiger partial charge on any atom is -0.380 e. The highest BCUT2D eigenvalue weighted by Crippen LogP contribution is 2.05. The third-order valence-corrected chi connectivity index (χ3v) is 2.23. The molecule has 0 fully saturated rings. The van der Waals surface area contributed by atoms with Crippen molar-refractivity contribution in [3.63, 3.8) is 0 Å². The fraction of sp³-hybridized carbons (Fsp3) is 0.462. The van der Waals surface area contributed by atoms with Crippen LogP contribution in [-0.2, 0) is 11.3 Å². The highest BCUT2D eigenvalue weighted by molar-refractivity contribution is 5.94. The van der Waals surface area contributed by atoms with Crippen molar-refractivity contribution in [2.24, 2.45) is 5.73 Å². The molecule has 4 nitrogen and oxygen atoms in total. The molecular weight excluding hydrogens is 216 g/mol. The van der Waals surface area contributed by atoms with Crippen LogP contribution in [0.3, 0.4) is 0 Å². The summed E-state index contributed by atoms with van der Waals surface area (Å²) in [5.41, 5.74) is 7.08. The average molecular weight is 236 g/mol. The second-order valence-corrected chi connectivity index (χ2v) is 4.80. The highest BCUT2D eigenvalue weighted by Gasteiger charge is 2.13. The van der Waals surface area contributed by atoms with E-state index in [0.29, 0.717) is 18.7 Å². The van der Waals surface area contributed by atoms with Crippen molar-refractivity contribution in [3.05, 3.63) is 35.4 Å². The molecule has 17 heavy (non-hydrogen) atoms. The summed E-state index contributed by atoms with van der Waals surface area (Å²) in [4.78, 5) is 11.8. The van der Waals surface area contributed by atoms with Crippen molar-refractivity contribution >= 4 is 5.91 Å². The number of carbonyl (C=O) groups is 1. The van der Waals surface area contributed by atoms with Crippen LogP contribution in [0.25, 0.3) is 0 Å². The molecule has 1 aromatic carbocycles. The maximum absolute atomic E-state index is 11.8. The largest absolute Gasteiger partial charge is 0.380 e. The first-order valence-corrected chi connectivity index (χ1v) is 5.57. The number of hydrogen-bond acceptors (Lipinski definition) is 3. The molecule has 0 radical (unpaired) electrons. The van der Waals surface area contributed by atoms with Gasteiger partial charge in [-0.25, -0.2) is 0 Å². The second-order valence-electron chi connectivity index (χ2n) is 4.80. The van der Waals surface area contributed by atoms with E-state index in [0.717, 1.165) is 5.56 Å². The molecule has 94 valence electrons. The van der Waals surface area contributed by atoms with Crippen LogP contribution in [0.4, 0.5) is 0 Å². The van der Waals surface area contributed by atoms with Gasteiger partial charge in [0.15, 0.2) is 0 Å². The quantitative estimate of drug-likeness (QED) is 0.810. The third kappa shape index (κ3) is 4.97. The van der Waals surface area contributed by atoms with Gasteiger partial charge >= 0.3 is 0 Å². The molecule has 0 saturated carbocycles. The van der Waals surface area contributed by atoms with Gasteiger partial charge in [-0.15, -0.1) is 0 Å². The zero-order chi connectivity index (χ0) is 12.9. The topological polar surface area (TPSA) is 64.3 Å². The van der Waals surface area contributed by atoms with Gasteiger partial charge in [0.2, 0.25) is 0 Å². The van der Waals surface area contributed by atoms with E-state index in [1.807, 2.05) is 26.0 Å². The molecule has 3 N–H and O–H groups in total. The van der Waals surface area contributed by atoms with Gasteiger partial charge < -0.3 is 15.8 Å². The summed E-state index contributed by atoms with van der Waals surface area (Å²) >= 11 is 0. The van der Waals surface area contributed by atoms with Crippen LogP contribution in [0.2, 0.25) is 0 Å². The number of hydrogen-bond donors (Lipinski definition) is 2. The maximum Gasteiger partial charge on any atom is 0.251 e. The van der Waals surface area contributed by atoms with E-state index in [4.69, 9.17) is 10.5 Å². The van der Waals surface area contributed by atoms with E-state index in [-0.39, 0.29) is 5.91 Å². The van der Waals surface area contributed by atoms with E-state index in [1.165, 1.54) is 0 Å². The lowest BCUT2D eigenvalue weighted by molar-refractivity contribution is 0.0946.